The van der Waals surface area contributed by atoms with Gasteiger partial charge < -0.3 is 14.6 Å². The molecule has 2 aliphatic rings. The number of piperazine rings is 1. The van der Waals surface area contributed by atoms with Gasteiger partial charge in [0.1, 0.15) is 18.1 Å². The van der Waals surface area contributed by atoms with E-state index in [1.807, 2.05) is 4.90 Å². The SMILES string of the molecule is O=CC1N=C(N2CCN(c3ccccc3F)CC2)Sc2c1cc(C(F)(F)F)cc2[N+](=O)[O-]. The molecule has 1 unspecified atom stereocenters. The summed E-state index contributed by atoms with van der Waals surface area (Å²) in [5.74, 6) is -0.351. The van der Waals surface area contributed by atoms with E-state index < -0.39 is 28.4 Å². The molecule has 0 aliphatic carbocycles. The van der Waals surface area contributed by atoms with Crippen LogP contribution in [0.2, 0.25) is 0 Å². The Morgan fingerprint density at radius 2 is 1.78 bits per heavy atom. The van der Waals surface area contributed by atoms with Crippen LogP contribution in [0.15, 0.2) is 46.3 Å². The monoisotopic (exact) mass is 468 g/mol. The zero-order valence-corrected chi connectivity index (χ0v) is 17.2. The number of anilines is 1. The number of aliphatic imine (C=N–C) groups is 1. The number of nitrogens with zero attached hydrogens (tertiary/aromatic N) is 4. The molecule has 0 spiro atoms. The molecule has 1 fully saturated rings. The van der Waals surface area contributed by atoms with E-state index in [4.69, 9.17) is 0 Å². The van der Waals surface area contributed by atoms with Crippen molar-refractivity contribution in [3.05, 3.63) is 63.5 Å². The molecule has 0 aromatic heterocycles. The summed E-state index contributed by atoms with van der Waals surface area (Å²) in [6.45, 7) is 1.67. The Balaban J connectivity index is 1.61. The van der Waals surface area contributed by atoms with Crippen molar-refractivity contribution >= 4 is 34.6 Å². The Morgan fingerprint density at radius 1 is 1.12 bits per heavy atom. The van der Waals surface area contributed by atoms with Gasteiger partial charge in [0.2, 0.25) is 0 Å². The topological polar surface area (TPSA) is 79.0 Å². The summed E-state index contributed by atoms with van der Waals surface area (Å²) in [5.41, 5.74) is -1.60. The summed E-state index contributed by atoms with van der Waals surface area (Å²) in [6.07, 6.45) is -4.43. The van der Waals surface area contributed by atoms with Crippen LogP contribution in [0.3, 0.4) is 0 Å². The second-order valence-corrected chi connectivity index (χ2v) is 8.17. The second kappa shape index (κ2) is 8.41. The molecule has 2 aromatic carbocycles. The van der Waals surface area contributed by atoms with Crippen LogP contribution in [0.1, 0.15) is 17.2 Å². The molecule has 12 heteroatoms. The maximum absolute atomic E-state index is 14.1. The van der Waals surface area contributed by atoms with Crippen LogP contribution in [-0.2, 0) is 11.0 Å². The highest BCUT2D eigenvalue weighted by Gasteiger charge is 2.38. The first-order valence-corrected chi connectivity index (χ1v) is 10.4. The highest BCUT2D eigenvalue weighted by atomic mass is 32.2. The standard InChI is InChI=1S/C20H16F4N4O3S/c21-14-3-1-2-4-16(14)26-5-7-27(8-6-26)19-25-15(11-29)13-9-12(20(22,23)24)10-17(28(30)31)18(13)32-19/h1-4,9-11,15H,5-8H2. The third kappa shape index (κ3) is 4.14. The molecule has 2 aliphatic heterocycles. The fourth-order valence-electron chi connectivity index (χ4n) is 3.67. The van der Waals surface area contributed by atoms with Gasteiger partial charge in [-0.25, -0.2) is 9.38 Å². The van der Waals surface area contributed by atoms with Crippen molar-refractivity contribution in [2.24, 2.45) is 4.99 Å². The van der Waals surface area contributed by atoms with Crippen LogP contribution in [0.5, 0.6) is 0 Å². The first-order chi connectivity index (χ1) is 15.2. The predicted octanol–water partition coefficient (Wildman–Crippen LogP) is 4.28. The van der Waals surface area contributed by atoms with Gasteiger partial charge in [0.15, 0.2) is 5.17 Å². The van der Waals surface area contributed by atoms with Crippen LogP contribution in [-0.4, -0.2) is 47.5 Å². The second-order valence-electron chi connectivity index (χ2n) is 7.19. The van der Waals surface area contributed by atoms with Gasteiger partial charge in [-0.05, 0) is 30.0 Å². The third-order valence-electron chi connectivity index (χ3n) is 5.26. The van der Waals surface area contributed by atoms with Crippen molar-refractivity contribution in [1.82, 2.24) is 4.90 Å². The van der Waals surface area contributed by atoms with E-state index in [9.17, 15) is 32.5 Å². The van der Waals surface area contributed by atoms with E-state index >= 15 is 0 Å². The number of aldehydes is 1. The molecule has 2 aromatic rings. The summed E-state index contributed by atoms with van der Waals surface area (Å²) in [5, 5.41) is 11.8. The van der Waals surface area contributed by atoms with Crippen molar-refractivity contribution in [3.8, 4) is 0 Å². The molecule has 168 valence electrons. The summed E-state index contributed by atoms with van der Waals surface area (Å²) >= 11 is 0.873. The van der Waals surface area contributed by atoms with E-state index in [2.05, 4.69) is 4.99 Å². The smallest absolute Gasteiger partial charge is 0.366 e. The van der Waals surface area contributed by atoms with Crippen molar-refractivity contribution in [1.29, 1.82) is 0 Å². The van der Waals surface area contributed by atoms with Crippen molar-refractivity contribution < 1.29 is 27.3 Å². The minimum atomic E-state index is -4.80. The van der Waals surface area contributed by atoms with E-state index in [0.717, 1.165) is 17.8 Å². The average molecular weight is 468 g/mol. The number of fused-ring (bicyclic) bond motifs is 1. The van der Waals surface area contributed by atoms with E-state index in [-0.39, 0.29) is 16.3 Å². The van der Waals surface area contributed by atoms with Crippen LogP contribution in [0, 0.1) is 15.9 Å². The van der Waals surface area contributed by atoms with Gasteiger partial charge in [0.25, 0.3) is 5.69 Å². The summed E-state index contributed by atoms with van der Waals surface area (Å²) in [7, 11) is 0. The Bertz CT molecular complexity index is 1100. The number of thioether (sulfide) groups is 1. The lowest BCUT2D eigenvalue weighted by Gasteiger charge is -2.38. The van der Waals surface area contributed by atoms with Gasteiger partial charge in [0.05, 0.1) is 21.1 Å². The van der Waals surface area contributed by atoms with Gasteiger partial charge in [0, 0.05) is 37.8 Å². The average Bonchev–Trinajstić information content (AvgIpc) is 2.77. The first-order valence-electron chi connectivity index (χ1n) is 9.54. The van der Waals surface area contributed by atoms with Crippen molar-refractivity contribution in [3.63, 3.8) is 0 Å². The molecule has 4 rings (SSSR count). The zero-order chi connectivity index (χ0) is 23.0. The molecule has 0 amide bonds. The minimum Gasteiger partial charge on any atom is -0.366 e. The molecule has 1 atom stereocenters. The zero-order valence-electron chi connectivity index (χ0n) is 16.4. The van der Waals surface area contributed by atoms with Gasteiger partial charge >= 0.3 is 6.18 Å². The number of alkyl halides is 3. The Morgan fingerprint density at radius 3 is 2.38 bits per heavy atom. The number of halogens is 4. The molecular formula is C20H16F4N4O3S. The summed E-state index contributed by atoms with van der Waals surface area (Å²) in [4.78, 5) is 30.1. The molecule has 0 radical (unpaired) electrons. The van der Waals surface area contributed by atoms with Crippen LogP contribution < -0.4 is 4.90 Å². The number of hydrogen-bond acceptors (Lipinski definition) is 7. The first kappa shape index (κ1) is 22.1. The van der Waals surface area contributed by atoms with Crippen LogP contribution in [0.25, 0.3) is 0 Å². The quantitative estimate of drug-likeness (QED) is 0.290. The van der Waals surface area contributed by atoms with Crippen molar-refractivity contribution in [2.75, 3.05) is 31.1 Å². The number of carbonyl (C=O) groups excluding carboxylic acids is 1. The van der Waals surface area contributed by atoms with Gasteiger partial charge in [-0.2, -0.15) is 13.2 Å². The maximum atomic E-state index is 14.1. The Labute approximate surface area is 183 Å². The largest absolute Gasteiger partial charge is 0.416 e. The normalized spacial score (nSPS) is 18.8. The number of benzene rings is 2. The minimum absolute atomic E-state index is 0.0263. The van der Waals surface area contributed by atoms with Gasteiger partial charge in [-0.1, -0.05) is 12.1 Å². The fourth-order valence-corrected chi connectivity index (χ4v) is 4.86. The molecule has 0 bridgehead atoms. The number of carbonyl (C=O) groups is 1. The lowest BCUT2D eigenvalue weighted by Crippen LogP contribution is -2.48. The lowest BCUT2D eigenvalue weighted by molar-refractivity contribution is -0.388. The Hall–Kier alpha value is -3.15. The molecule has 1 saturated heterocycles. The molecule has 2 heterocycles. The maximum Gasteiger partial charge on any atom is 0.416 e. The van der Waals surface area contributed by atoms with E-state index in [0.29, 0.717) is 49.4 Å². The number of nitro benzene ring substituents is 1. The summed E-state index contributed by atoms with van der Waals surface area (Å²) in [6, 6.07) is 6.28. The molecule has 7 nitrogen and oxygen atoms in total. The molecule has 32 heavy (non-hydrogen) atoms. The number of para-hydroxylation sites is 1. The summed E-state index contributed by atoms with van der Waals surface area (Å²) < 4.78 is 53.7. The highest BCUT2D eigenvalue weighted by molar-refractivity contribution is 8.14. The molecule has 0 N–H and O–H groups in total. The number of rotatable bonds is 3. The third-order valence-corrected chi connectivity index (χ3v) is 6.45. The number of hydrogen-bond donors (Lipinski definition) is 0. The van der Waals surface area contributed by atoms with Crippen LogP contribution in [0.4, 0.5) is 28.9 Å². The fraction of sp³-hybridized carbons (Fsp3) is 0.300. The lowest BCUT2D eigenvalue weighted by atomic mass is 10.0. The number of amidine groups is 1. The van der Waals surface area contributed by atoms with E-state index in [1.165, 1.54) is 6.07 Å². The van der Waals surface area contributed by atoms with E-state index in [1.54, 1.807) is 23.1 Å². The predicted molar refractivity (Wildman–Crippen MR) is 110 cm³/mol. The molecular weight excluding hydrogens is 452 g/mol. The number of nitro groups is 1. The Kier molecular flexibility index (Phi) is 5.80. The van der Waals surface area contributed by atoms with Crippen molar-refractivity contribution in [2.45, 2.75) is 17.1 Å². The van der Waals surface area contributed by atoms with Gasteiger partial charge in [-0.15, -0.1) is 0 Å². The van der Waals surface area contributed by atoms with Gasteiger partial charge in [-0.3, -0.25) is 10.1 Å². The molecule has 0 saturated carbocycles. The van der Waals surface area contributed by atoms with Crippen LogP contribution >= 0.6 is 11.8 Å². The highest BCUT2D eigenvalue weighted by Crippen LogP contribution is 2.45.